The summed E-state index contributed by atoms with van der Waals surface area (Å²) in [6.45, 7) is 2.92. The van der Waals surface area contributed by atoms with Gasteiger partial charge in [0.15, 0.2) is 0 Å². The standard InChI is InChI=1S/C17H24F3N3O5S2/c18-17(19,20)29(24,25)14-2-1-3-15(30(21,26)27)16(14)22-12-4-6-13(7-5-12)23-8-10-28-11-9-23/h1-3,12-13,22H,4-11H2,(H2,21,26,27)/t12-,13-. The predicted molar refractivity (Wildman–Crippen MR) is 103 cm³/mol. The zero-order chi connectivity index (χ0) is 22.2. The molecule has 2 fully saturated rings. The number of hydrogen-bond acceptors (Lipinski definition) is 7. The van der Waals surface area contributed by atoms with Gasteiger partial charge in [0.1, 0.15) is 9.79 Å². The van der Waals surface area contributed by atoms with Crippen molar-refractivity contribution in [1.29, 1.82) is 0 Å². The summed E-state index contributed by atoms with van der Waals surface area (Å²) >= 11 is 0. The molecule has 0 atom stereocenters. The van der Waals surface area contributed by atoms with Gasteiger partial charge in [0, 0.05) is 25.2 Å². The highest BCUT2D eigenvalue weighted by atomic mass is 32.2. The lowest BCUT2D eigenvalue weighted by Gasteiger charge is -2.39. The summed E-state index contributed by atoms with van der Waals surface area (Å²) in [5.74, 6) is 0. The maximum absolute atomic E-state index is 13.2. The number of benzene rings is 1. The zero-order valence-electron chi connectivity index (χ0n) is 16.1. The molecule has 0 spiro atoms. The topological polar surface area (TPSA) is 119 Å². The molecule has 1 aliphatic carbocycles. The Labute approximate surface area is 173 Å². The van der Waals surface area contributed by atoms with E-state index in [2.05, 4.69) is 10.2 Å². The first-order chi connectivity index (χ1) is 13.9. The molecule has 3 N–H and O–H groups in total. The molecule has 1 aromatic carbocycles. The largest absolute Gasteiger partial charge is 0.501 e. The number of sulfone groups is 1. The minimum absolute atomic E-state index is 0.304. The van der Waals surface area contributed by atoms with Crippen LogP contribution in [0.4, 0.5) is 18.9 Å². The maximum atomic E-state index is 13.2. The second-order valence-electron chi connectivity index (χ2n) is 7.42. The molecule has 0 bridgehead atoms. The fourth-order valence-electron chi connectivity index (χ4n) is 3.97. The quantitative estimate of drug-likeness (QED) is 0.671. The lowest BCUT2D eigenvalue weighted by Crippen LogP contribution is -2.46. The molecule has 2 aliphatic rings. The molecule has 1 aliphatic heterocycles. The van der Waals surface area contributed by atoms with Crippen LogP contribution in [0.3, 0.4) is 0 Å². The second kappa shape index (κ2) is 8.61. The van der Waals surface area contributed by atoms with E-state index in [1.54, 1.807) is 0 Å². The van der Waals surface area contributed by atoms with E-state index in [0.29, 0.717) is 32.1 Å². The van der Waals surface area contributed by atoms with E-state index < -0.39 is 40.8 Å². The van der Waals surface area contributed by atoms with Gasteiger partial charge in [-0.15, -0.1) is 0 Å². The SMILES string of the molecule is NS(=O)(=O)c1cccc(S(=O)(=O)C(F)(F)F)c1N[C@H]1CC[C@H](N2CCOCC2)CC1. The monoisotopic (exact) mass is 471 g/mol. The first kappa shape index (κ1) is 23.3. The Bertz CT molecular complexity index is 969. The van der Waals surface area contributed by atoms with Crippen LogP contribution in [0.1, 0.15) is 25.7 Å². The fraction of sp³-hybridized carbons (Fsp3) is 0.647. The van der Waals surface area contributed by atoms with E-state index >= 15 is 0 Å². The molecular formula is C17H24F3N3O5S2. The van der Waals surface area contributed by atoms with Crippen molar-refractivity contribution in [2.45, 2.75) is 53.1 Å². The van der Waals surface area contributed by atoms with Crippen LogP contribution in [-0.2, 0) is 24.6 Å². The first-order valence-corrected chi connectivity index (χ1v) is 12.5. The minimum Gasteiger partial charge on any atom is -0.380 e. The van der Waals surface area contributed by atoms with Crippen LogP contribution in [0.25, 0.3) is 0 Å². The van der Waals surface area contributed by atoms with Gasteiger partial charge < -0.3 is 10.1 Å². The third-order valence-electron chi connectivity index (χ3n) is 5.50. The van der Waals surface area contributed by atoms with Crippen LogP contribution in [0.5, 0.6) is 0 Å². The first-order valence-electron chi connectivity index (χ1n) is 9.47. The normalized spacial score (nSPS) is 24.5. The summed E-state index contributed by atoms with van der Waals surface area (Å²) in [5, 5.41) is 7.89. The van der Waals surface area contributed by atoms with Crippen molar-refractivity contribution in [3.05, 3.63) is 18.2 Å². The van der Waals surface area contributed by atoms with Crippen molar-refractivity contribution in [2.24, 2.45) is 5.14 Å². The van der Waals surface area contributed by atoms with Crippen molar-refractivity contribution >= 4 is 25.5 Å². The molecule has 1 heterocycles. The zero-order valence-corrected chi connectivity index (χ0v) is 17.7. The van der Waals surface area contributed by atoms with Gasteiger partial charge in [-0.1, -0.05) is 6.07 Å². The number of rotatable bonds is 5. The van der Waals surface area contributed by atoms with Gasteiger partial charge in [0.25, 0.3) is 9.84 Å². The molecule has 1 saturated carbocycles. The Kier molecular flexibility index (Phi) is 6.68. The number of anilines is 1. The molecule has 170 valence electrons. The summed E-state index contributed by atoms with van der Waals surface area (Å²) in [5.41, 5.74) is -6.19. The van der Waals surface area contributed by atoms with E-state index in [9.17, 15) is 30.0 Å². The molecule has 30 heavy (non-hydrogen) atoms. The number of morpholine rings is 1. The van der Waals surface area contributed by atoms with Crippen LogP contribution >= 0.6 is 0 Å². The molecule has 0 amide bonds. The van der Waals surface area contributed by atoms with E-state index in [1.165, 1.54) is 0 Å². The number of alkyl halides is 3. The van der Waals surface area contributed by atoms with Gasteiger partial charge in [-0.3, -0.25) is 4.90 Å². The Morgan fingerprint density at radius 2 is 1.57 bits per heavy atom. The Hall–Kier alpha value is -1.41. The summed E-state index contributed by atoms with van der Waals surface area (Å²) in [7, 11) is -10.2. The molecule has 0 radical (unpaired) electrons. The Morgan fingerprint density at radius 3 is 2.10 bits per heavy atom. The molecule has 3 rings (SSSR count). The summed E-state index contributed by atoms with van der Waals surface area (Å²) in [4.78, 5) is 0.484. The lowest BCUT2D eigenvalue weighted by molar-refractivity contribution is -0.0435. The Morgan fingerprint density at radius 1 is 1.00 bits per heavy atom. The molecule has 0 unspecified atom stereocenters. The summed E-state index contributed by atoms with van der Waals surface area (Å²) in [6.07, 6.45) is 2.59. The number of para-hydroxylation sites is 1. The minimum atomic E-state index is -5.77. The van der Waals surface area contributed by atoms with Gasteiger partial charge in [0.05, 0.1) is 18.9 Å². The molecule has 1 saturated heterocycles. The highest BCUT2D eigenvalue weighted by Crippen LogP contribution is 2.38. The number of sulfonamides is 1. The lowest BCUT2D eigenvalue weighted by atomic mass is 9.90. The average molecular weight is 472 g/mol. The molecule has 0 aromatic heterocycles. The van der Waals surface area contributed by atoms with Crippen LogP contribution in [-0.4, -0.2) is 65.6 Å². The molecular weight excluding hydrogens is 447 g/mol. The van der Waals surface area contributed by atoms with Gasteiger partial charge >= 0.3 is 5.51 Å². The smallest absolute Gasteiger partial charge is 0.380 e. The second-order valence-corrected chi connectivity index (χ2v) is 10.9. The molecule has 13 heteroatoms. The van der Waals surface area contributed by atoms with E-state index in [0.717, 1.165) is 44.1 Å². The van der Waals surface area contributed by atoms with Crippen molar-refractivity contribution < 1.29 is 34.7 Å². The predicted octanol–water partition coefficient (Wildman–Crippen LogP) is 1.68. The maximum Gasteiger partial charge on any atom is 0.501 e. The fourth-order valence-corrected chi connectivity index (χ4v) is 5.70. The number of nitrogens with two attached hydrogens (primary N) is 1. The highest BCUT2D eigenvalue weighted by molar-refractivity contribution is 7.92. The summed E-state index contributed by atoms with van der Waals surface area (Å²) in [6, 6.07) is 2.58. The number of ether oxygens (including phenoxy) is 1. The number of nitrogens with zero attached hydrogens (tertiary/aromatic N) is 1. The van der Waals surface area contributed by atoms with Gasteiger partial charge in [-0.05, 0) is 37.8 Å². The van der Waals surface area contributed by atoms with E-state index in [1.807, 2.05) is 0 Å². The van der Waals surface area contributed by atoms with E-state index in [4.69, 9.17) is 9.88 Å². The van der Waals surface area contributed by atoms with Gasteiger partial charge in [-0.2, -0.15) is 13.2 Å². The number of hydrogen-bond donors (Lipinski definition) is 2. The Balaban J connectivity index is 1.86. The van der Waals surface area contributed by atoms with Crippen LogP contribution in [0.15, 0.2) is 28.0 Å². The van der Waals surface area contributed by atoms with Crippen LogP contribution < -0.4 is 10.5 Å². The molecule has 1 aromatic rings. The van der Waals surface area contributed by atoms with Crippen LogP contribution in [0, 0.1) is 0 Å². The third kappa shape index (κ3) is 4.90. The number of halogens is 3. The molecule has 8 nitrogen and oxygen atoms in total. The number of nitrogens with one attached hydrogen (secondary N) is 1. The number of primary sulfonamides is 1. The van der Waals surface area contributed by atoms with Crippen molar-refractivity contribution in [3.63, 3.8) is 0 Å². The van der Waals surface area contributed by atoms with Gasteiger partial charge in [-0.25, -0.2) is 22.0 Å². The van der Waals surface area contributed by atoms with E-state index in [-0.39, 0.29) is 6.04 Å². The third-order valence-corrected chi connectivity index (χ3v) is 7.98. The summed E-state index contributed by atoms with van der Waals surface area (Å²) < 4.78 is 92.7. The average Bonchev–Trinajstić information content (AvgIpc) is 2.67. The van der Waals surface area contributed by atoms with Crippen molar-refractivity contribution in [2.75, 3.05) is 31.6 Å². The highest BCUT2D eigenvalue weighted by Gasteiger charge is 2.48. The van der Waals surface area contributed by atoms with Crippen molar-refractivity contribution in [1.82, 2.24) is 4.90 Å². The van der Waals surface area contributed by atoms with Gasteiger partial charge in [0.2, 0.25) is 10.0 Å². The van der Waals surface area contributed by atoms with Crippen molar-refractivity contribution in [3.8, 4) is 0 Å². The van der Waals surface area contributed by atoms with Crippen LogP contribution in [0.2, 0.25) is 0 Å².